The van der Waals surface area contributed by atoms with Gasteiger partial charge in [-0.3, -0.25) is 4.79 Å². The first-order valence-corrected chi connectivity index (χ1v) is 6.80. The standard InChI is InChI=1S/C13H27N3O/c1-11(12-6-5-9-16(2)10-12)15-8-4-3-7-13(14)17/h11-12,15H,3-10H2,1-2H3,(H2,14,17). The van der Waals surface area contributed by atoms with Crippen molar-refractivity contribution in [2.75, 3.05) is 26.7 Å². The lowest BCUT2D eigenvalue weighted by Gasteiger charge is -2.34. The van der Waals surface area contributed by atoms with Gasteiger partial charge >= 0.3 is 0 Å². The molecule has 4 nitrogen and oxygen atoms in total. The van der Waals surface area contributed by atoms with E-state index >= 15 is 0 Å². The van der Waals surface area contributed by atoms with Crippen molar-refractivity contribution in [3.63, 3.8) is 0 Å². The van der Waals surface area contributed by atoms with Crippen LogP contribution in [0.25, 0.3) is 0 Å². The maximum Gasteiger partial charge on any atom is 0.217 e. The Morgan fingerprint density at radius 2 is 2.29 bits per heavy atom. The van der Waals surface area contributed by atoms with Crippen LogP contribution in [0.5, 0.6) is 0 Å². The third-order valence-electron chi connectivity index (χ3n) is 3.68. The number of nitrogens with two attached hydrogens (primary N) is 1. The van der Waals surface area contributed by atoms with Gasteiger partial charge in [0.2, 0.25) is 5.91 Å². The molecule has 17 heavy (non-hydrogen) atoms. The molecule has 0 spiro atoms. The average Bonchev–Trinajstić information content (AvgIpc) is 2.28. The van der Waals surface area contributed by atoms with Crippen molar-refractivity contribution in [1.82, 2.24) is 10.2 Å². The molecule has 4 heteroatoms. The molecule has 1 saturated heterocycles. The molecule has 0 radical (unpaired) electrons. The smallest absolute Gasteiger partial charge is 0.217 e. The fourth-order valence-corrected chi connectivity index (χ4v) is 2.54. The molecule has 0 aromatic rings. The summed E-state index contributed by atoms with van der Waals surface area (Å²) < 4.78 is 0. The minimum Gasteiger partial charge on any atom is -0.370 e. The third-order valence-corrected chi connectivity index (χ3v) is 3.68. The van der Waals surface area contributed by atoms with Crippen LogP contribution in [0.4, 0.5) is 0 Å². The Labute approximate surface area is 105 Å². The van der Waals surface area contributed by atoms with E-state index in [0.717, 1.165) is 25.3 Å². The fourth-order valence-electron chi connectivity index (χ4n) is 2.54. The lowest BCUT2D eigenvalue weighted by atomic mass is 9.92. The van der Waals surface area contributed by atoms with Crippen LogP contribution >= 0.6 is 0 Å². The maximum absolute atomic E-state index is 10.6. The van der Waals surface area contributed by atoms with Crippen molar-refractivity contribution in [3.8, 4) is 0 Å². The number of rotatable bonds is 7. The minimum absolute atomic E-state index is 0.188. The number of carbonyl (C=O) groups is 1. The number of amides is 1. The van der Waals surface area contributed by atoms with Gasteiger partial charge in [-0.1, -0.05) is 0 Å². The second-order valence-corrected chi connectivity index (χ2v) is 5.33. The summed E-state index contributed by atoms with van der Waals surface area (Å²) in [6.07, 6.45) is 5.10. The Bertz CT molecular complexity index is 233. The van der Waals surface area contributed by atoms with Crippen LogP contribution in [0.15, 0.2) is 0 Å². The number of nitrogens with zero attached hydrogens (tertiary/aromatic N) is 1. The summed E-state index contributed by atoms with van der Waals surface area (Å²) in [6, 6.07) is 0.575. The van der Waals surface area contributed by atoms with E-state index in [-0.39, 0.29) is 5.91 Å². The molecule has 2 unspecified atom stereocenters. The van der Waals surface area contributed by atoms with E-state index < -0.39 is 0 Å². The Hall–Kier alpha value is -0.610. The molecule has 1 heterocycles. The highest BCUT2D eigenvalue weighted by atomic mass is 16.1. The molecule has 1 rings (SSSR count). The van der Waals surface area contributed by atoms with Crippen molar-refractivity contribution in [3.05, 3.63) is 0 Å². The topological polar surface area (TPSA) is 58.4 Å². The fraction of sp³-hybridized carbons (Fsp3) is 0.923. The van der Waals surface area contributed by atoms with E-state index in [0.29, 0.717) is 12.5 Å². The maximum atomic E-state index is 10.6. The number of hydrogen-bond donors (Lipinski definition) is 2. The first kappa shape index (κ1) is 14.5. The van der Waals surface area contributed by atoms with Gasteiger partial charge in [-0.2, -0.15) is 0 Å². The van der Waals surface area contributed by atoms with E-state index in [1.54, 1.807) is 0 Å². The largest absolute Gasteiger partial charge is 0.370 e. The molecular weight excluding hydrogens is 214 g/mol. The summed E-state index contributed by atoms with van der Waals surface area (Å²) in [5.41, 5.74) is 5.10. The van der Waals surface area contributed by atoms with Gasteiger partial charge in [-0.05, 0) is 58.7 Å². The molecule has 2 atom stereocenters. The van der Waals surface area contributed by atoms with Gasteiger partial charge in [0.1, 0.15) is 0 Å². The molecular formula is C13H27N3O. The molecule has 0 bridgehead atoms. The number of nitrogens with one attached hydrogen (secondary N) is 1. The quantitative estimate of drug-likeness (QED) is 0.653. The van der Waals surface area contributed by atoms with Crippen LogP contribution < -0.4 is 11.1 Å². The zero-order valence-corrected chi connectivity index (χ0v) is 11.2. The highest BCUT2D eigenvalue weighted by molar-refractivity contribution is 5.73. The number of unbranched alkanes of at least 4 members (excludes halogenated alkanes) is 1. The number of piperidine rings is 1. The number of primary amides is 1. The van der Waals surface area contributed by atoms with Crippen molar-refractivity contribution < 1.29 is 4.79 Å². The van der Waals surface area contributed by atoms with Crippen LogP contribution in [0.3, 0.4) is 0 Å². The van der Waals surface area contributed by atoms with E-state index in [2.05, 4.69) is 24.2 Å². The van der Waals surface area contributed by atoms with Gasteiger partial charge in [0.05, 0.1) is 0 Å². The number of hydrogen-bond acceptors (Lipinski definition) is 3. The van der Waals surface area contributed by atoms with Gasteiger partial charge in [0, 0.05) is 19.0 Å². The van der Waals surface area contributed by atoms with Gasteiger partial charge in [-0.15, -0.1) is 0 Å². The molecule has 3 N–H and O–H groups in total. The van der Waals surface area contributed by atoms with Gasteiger partial charge in [0.15, 0.2) is 0 Å². The van der Waals surface area contributed by atoms with Gasteiger partial charge < -0.3 is 16.0 Å². The number of likely N-dealkylation sites (tertiary alicyclic amines) is 1. The monoisotopic (exact) mass is 241 g/mol. The molecule has 0 aromatic heterocycles. The highest BCUT2D eigenvalue weighted by Gasteiger charge is 2.21. The van der Waals surface area contributed by atoms with Crippen molar-refractivity contribution in [2.45, 2.75) is 45.1 Å². The van der Waals surface area contributed by atoms with E-state index in [9.17, 15) is 4.79 Å². The molecule has 1 amide bonds. The third kappa shape index (κ3) is 6.03. The molecule has 1 aliphatic heterocycles. The summed E-state index contributed by atoms with van der Waals surface area (Å²) in [5, 5.41) is 3.57. The molecule has 0 aromatic carbocycles. The Morgan fingerprint density at radius 3 is 2.94 bits per heavy atom. The Kier molecular flexibility index (Phi) is 6.52. The predicted molar refractivity (Wildman–Crippen MR) is 70.7 cm³/mol. The van der Waals surface area contributed by atoms with Crippen LogP contribution in [0.2, 0.25) is 0 Å². The second kappa shape index (κ2) is 7.67. The van der Waals surface area contributed by atoms with Crippen molar-refractivity contribution >= 4 is 5.91 Å². The van der Waals surface area contributed by atoms with Gasteiger partial charge in [0.25, 0.3) is 0 Å². The number of carbonyl (C=O) groups excluding carboxylic acids is 1. The zero-order chi connectivity index (χ0) is 12.7. The first-order chi connectivity index (χ1) is 8.09. The van der Waals surface area contributed by atoms with E-state index in [1.165, 1.54) is 25.9 Å². The first-order valence-electron chi connectivity index (χ1n) is 6.80. The Balaban J connectivity index is 2.07. The van der Waals surface area contributed by atoms with Crippen LogP contribution in [0.1, 0.15) is 39.0 Å². The second-order valence-electron chi connectivity index (χ2n) is 5.33. The predicted octanol–water partition coefficient (Wildman–Crippen LogP) is 0.962. The zero-order valence-electron chi connectivity index (χ0n) is 11.2. The van der Waals surface area contributed by atoms with E-state index in [1.807, 2.05) is 0 Å². The molecule has 0 aliphatic carbocycles. The van der Waals surface area contributed by atoms with E-state index in [4.69, 9.17) is 5.73 Å². The highest BCUT2D eigenvalue weighted by Crippen LogP contribution is 2.18. The normalized spacial score (nSPS) is 23.5. The summed E-state index contributed by atoms with van der Waals surface area (Å²) >= 11 is 0. The Morgan fingerprint density at radius 1 is 1.53 bits per heavy atom. The van der Waals surface area contributed by atoms with Crippen molar-refractivity contribution in [1.29, 1.82) is 0 Å². The summed E-state index contributed by atoms with van der Waals surface area (Å²) in [6.45, 7) is 5.71. The summed E-state index contributed by atoms with van der Waals surface area (Å²) in [5.74, 6) is 0.580. The van der Waals surface area contributed by atoms with Crippen LogP contribution in [-0.4, -0.2) is 43.5 Å². The average molecular weight is 241 g/mol. The van der Waals surface area contributed by atoms with Crippen molar-refractivity contribution in [2.24, 2.45) is 11.7 Å². The molecule has 1 aliphatic rings. The molecule has 100 valence electrons. The summed E-state index contributed by atoms with van der Waals surface area (Å²) in [4.78, 5) is 13.0. The molecule has 1 fully saturated rings. The minimum atomic E-state index is -0.188. The lowest BCUT2D eigenvalue weighted by Crippen LogP contribution is -2.43. The summed E-state index contributed by atoms with van der Waals surface area (Å²) in [7, 11) is 2.20. The lowest BCUT2D eigenvalue weighted by molar-refractivity contribution is -0.118. The molecule has 0 saturated carbocycles. The van der Waals surface area contributed by atoms with Crippen LogP contribution in [-0.2, 0) is 4.79 Å². The SMILES string of the molecule is CC(NCCCCC(N)=O)C1CCCN(C)C1. The van der Waals surface area contributed by atoms with Gasteiger partial charge in [-0.25, -0.2) is 0 Å². The van der Waals surface area contributed by atoms with Crippen LogP contribution in [0, 0.1) is 5.92 Å².